The number of nitrogens with zero attached hydrogens (tertiary/aromatic N) is 3. The molecule has 0 radical (unpaired) electrons. The fourth-order valence-electron chi connectivity index (χ4n) is 5.06. The van der Waals surface area contributed by atoms with Crippen LogP contribution in [-0.4, -0.2) is 71.2 Å². The summed E-state index contributed by atoms with van der Waals surface area (Å²) in [6.45, 7) is 11.2. The van der Waals surface area contributed by atoms with Gasteiger partial charge in [-0.05, 0) is 74.9 Å². The van der Waals surface area contributed by atoms with Crippen LogP contribution < -0.4 is 5.32 Å². The molecular weight excluding hydrogens is 476 g/mol. The highest BCUT2D eigenvalue weighted by Gasteiger charge is 2.35. The zero-order chi connectivity index (χ0) is 25.9. The first-order chi connectivity index (χ1) is 17.1. The number of benzene rings is 1. The molecule has 1 fully saturated rings. The quantitative estimate of drug-likeness (QED) is 0.642. The van der Waals surface area contributed by atoms with Gasteiger partial charge in [0.25, 0.3) is 0 Å². The van der Waals surface area contributed by atoms with Crippen molar-refractivity contribution in [3.05, 3.63) is 63.9 Å². The van der Waals surface area contributed by atoms with E-state index in [9.17, 15) is 9.59 Å². The summed E-state index contributed by atoms with van der Waals surface area (Å²) in [5.74, 6) is -0.321. The van der Waals surface area contributed by atoms with Crippen molar-refractivity contribution in [2.24, 2.45) is 0 Å². The molecule has 7 nitrogen and oxygen atoms in total. The van der Waals surface area contributed by atoms with E-state index in [4.69, 9.17) is 16.3 Å². The minimum absolute atomic E-state index is 0.00309. The summed E-state index contributed by atoms with van der Waals surface area (Å²) in [6.07, 6.45) is 3.89. The van der Waals surface area contributed by atoms with Crippen LogP contribution in [0.3, 0.4) is 0 Å². The maximum absolute atomic E-state index is 13.9. The standard InChI is InChI=1S/C28H37ClN4O3/c1-5-22(31-27(35)36-28(2,3)4)18-32-13-15-33(16-14-32)26(34)24-23-11-10-21(29)17-20(23)9-8-19-7-6-12-30-25(19)24/h6-7,10-12,17,22,24H,5,8-9,13-16,18H2,1-4H3,(H,31,35)/t22-,24?/m0/s1. The fourth-order valence-corrected chi connectivity index (χ4v) is 5.25. The van der Waals surface area contributed by atoms with E-state index in [-0.39, 0.29) is 18.0 Å². The molecule has 36 heavy (non-hydrogen) atoms. The Hall–Kier alpha value is -2.64. The van der Waals surface area contributed by atoms with Crippen molar-refractivity contribution >= 4 is 23.6 Å². The van der Waals surface area contributed by atoms with Gasteiger partial charge in [-0.3, -0.25) is 14.7 Å². The first-order valence-electron chi connectivity index (χ1n) is 12.9. The molecule has 8 heteroatoms. The number of fused-ring (bicyclic) bond motifs is 2. The van der Waals surface area contributed by atoms with Gasteiger partial charge >= 0.3 is 6.09 Å². The maximum atomic E-state index is 13.9. The molecule has 0 spiro atoms. The Morgan fingerprint density at radius 2 is 1.86 bits per heavy atom. The molecule has 1 aromatic carbocycles. The van der Waals surface area contributed by atoms with Crippen molar-refractivity contribution in [3.8, 4) is 0 Å². The molecule has 2 aromatic rings. The Balaban J connectivity index is 1.43. The number of alkyl carbamates (subject to hydrolysis) is 1. The number of rotatable bonds is 5. The molecule has 1 aliphatic carbocycles. The molecule has 2 atom stereocenters. The molecule has 1 N–H and O–H groups in total. The molecule has 1 aliphatic heterocycles. The third-order valence-corrected chi connectivity index (χ3v) is 7.14. The largest absolute Gasteiger partial charge is 0.444 e. The van der Waals surface area contributed by atoms with E-state index in [0.717, 1.165) is 61.3 Å². The number of piperazine rings is 1. The summed E-state index contributed by atoms with van der Waals surface area (Å²) >= 11 is 6.30. The topological polar surface area (TPSA) is 74.8 Å². The molecule has 1 unspecified atom stereocenters. The van der Waals surface area contributed by atoms with Crippen molar-refractivity contribution < 1.29 is 14.3 Å². The Morgan fingerprint density at radius 1 is 1.14 bits per heavy atom. The van der Waals surface area contributed by atoms with Gasteiger partial charge in [-0.1, -0.05) is 30.7 Å². The molecule has 194 valence electrons. The number of carbonyl (C=O) groups is 2. The summed E-state index contributed by atoms with van der Waals surface area (Å²) < 4.78 is 5.41. The van der Waals surface area contributed by atoms with Crippen LogP contribution >= 0.6 is 11.6 Å². The molecule has 0 saturated carbocycles. The number of nitrogens with one attached hydrogen (secondary N) is 1. The van der Waals surface area contributed by atoms with Crippen LogP contribution in [0, 0.1) is 0 Å². The molecule has 2 aliphatic rings. The van der Waals surface area contributed by atoms with Crippen LogP contribution in [0.4, 0.5) is 4.79 Å². The monoisotopic (exact) mass is 512 g/mol. The van der Waals surface area contributed by atoms with Crippen LogP contribution in [0.15, 0.2) is 36.5 Å². The lowest BCUT2D eigenvalue weighted by molar-refractivity contribution is -0.133. The van der Waals surface area contributed by atoms with Gasteiger partial charge in [-0.2, -0.15) is 0 Å². The van der Waals surface area contributed by atoms with Crippen LogP contribution in [0.1, 0.15) is 62.4 Å². The second kappa shape index (κ2) is 11.2. The van der Waals surface area contributed by atoms with Gasteiger partial charge in [0.05, 0.1) is 5.69 Å². The van der Waals surface area contributed by atoms with E-state index in [1.54, 1.807) is 6.20 Å². The maximum Gasteiger partial charge on any atom is 0.407 e. The van der Waals surface area contributed by atoms with Crippen molar-refractivity contribution in [1.29, 1.82) is 0 Å². The first kappa shape index (κ1) is 26.4. The number of carbonyl (C=O) groups excluding carboxylic acids is 2. The Morgan fingerprint density at radius 3 is 2.56 bits per heavy atom. The normalized spacial score (nSPS) is 19.0. The Bertz CT molecular complexity index is 1090. The highest BCUT2D eigenvalue weighted by Crippen LogP contribution is 2.35. The molecular formula is C28H37ClN4O3. The minimum atomic E-state index is -0.524. The second-order valence-corrected chi connectivity index (χ2v) is 11.1. The average molecular weight is 513 g/mol. The lowest BCUT2D eigenvalue weighted by atomic mass is 9.90. The number of amides is 2. The van der Waals surface area contributed by atoms with Crippen LogP contribution in [-0.2, 0) is 22.4 Å². The summed E-state index contributed by atoms with van der Waals surface area (Å²) in [7, 11) is 0. The van der Waals surface area contributed by atoms with E-state index >= 15 is 0 Å². The van der Waals surface area contributed by atoms with E-state index in [2.05, 4.69) is 28.2 Å². The van der Waals surface area contributed by atoms with Crippen LogP contribution in [0.25, 0.3) is 0 Å². The van der Waals surface area contributed by atoms with E-state index in [1.807, 2.05) is 49.9 Å². The van der Waals surface area contributed by atoms with Crippen LogP contribution in [0.5, 0.6) is 0 Å². The van der Waals surface area contributed by atoms with Gasteiger partial charge < -0.3 is 15.0 Å². The molecule has 1 saturated heterocycles. The Labute approximate surface area is 219 Å². The van der Waals surface area contributed by atoms with Gasteiger partial charge in [0.15, 0.2) is 0 Å². The number of halogens is 1. The van der Waals surface area contributed by atoms with Crippen molar-refractivity contribution in [1.82, 2.24) is 20.1 Å². The van der Waals surface area contributed by atoms with Gasteiger partial charge in [0.1, 0.15) is 11.5 Å². The minimum Gasteiger partial charge on any atom is -0.444 e. The Kier molecular flexibility index (Phi) is 8.20. The number of aromatic nitrogens is 1. The van der Waals surface area contributed by atoms with Crippen molar-refractivity contribution in [2.75, 3.05) is 32.7 Å². The number of hydrogen-bond acceptors (Lipinski definition) is 5. The highest BCUT2D eigenvalue weighted by molar-refractivity contribution is 6.30. The molecule has 1 aromatic heterocycles. The lowest BCUT2D eigenvalue weighted by Crippen LogP contribution is -2.53. The molecule has 0 bridgehead atoms. The van der Waals surface area contributed by atoms with Crippen molar-refractivity contribution in [2.45, 2.75) is 64.5 Å². The van der Waals surface area contributed by atoms with E-state index < -0.39 is 11.5 Å². The zero-order valence-electron chi connectivity index (χ0n) is 21.7. The second-order valence-electron chi connectivity index (χ2n) is 10.7. The predicted molar refractivity (Wildman–Crippen MR) is 141 cm³/mol. The van der Waals surface area contributed by atoms with Gasteiger partial charge in [0.2, 0.25) is 5.91 Å². The van der Waals surface area contributed by atoms with Gasteiger partial charge in [-0.15, -0.1) is 0 Å². The first-order valence-corrected chi connectivity index (χ1v) is 13.2. The summed E-state index contributed by atoms with van der Waals surface area (Å²) in [4.78, 5) is 35.1. The number of hydrogen-bond donors (Lipinski definition) is 1. The predicted octanol–water partition coefficient (Wildman–Crippen LogP) is 4.41. The van der Waals surface area contributed by atoms with Crippen molar-refractivity contribution in [3.63, 3.8) is 0 Å². The molecule has 4 rings (SSSR count). The zero-order valence-corrected chi connectivity index (χ0v) is 22.5. The fraction of sp³-hybridized carbons (Fsp3) is 0.536. The highest BCUT2D eigenvalue weighted by atomic mass is 35.5. The SMILES string of the molecule is CC[C@@H](CN1CCN(C(=O)C2c3ccc(Cl)cc3CCc3cccnc32)CC1)NC(=O)OC(C)(C)C. The third-order valence-electron chi connectivity index (χ3n) is 6.90. The average Bonchev–Trinajstić information content (AvgIpc) is 2.99. The lowest BCUT2D eigenvalue weighted by Gasteiger charge is -2.38. The van der Waals surface area contributed by atoms with Gasteiger partial charge in [-0.25, -0.2) is 4.79 Å². The molecule has 2 heterocycles. The number of aryl methyl sites for hydroxylation is 2. The summed E-state index contributed by atoms with van der Waals surface area (Å²) in [5, 5.41) is 3.68. The van der Waals surface area contributed by atoms with Crippen LogP contribution in [0.2, 0.25) is 5.02 Å². The number of ether oxygens (including phenoxy) is 1. The molecule has 2 amide bonds. The number of pyridine rings is 1. The van der Waals surface area contributed by atoms with E-state index in [0.29, 0.717) is 18.1 Å². The summed E-state index contributed by atoms with van der Waals surface area (Å²) in [5.41, 5.74) is 3.59. The summed E-state index contributed by atoms with van der Waals surface area (Å²) in [6, 6.07) is 9.87. The van der Waals surface area contributed by atoms with E-state index in [1.165, 1.54) is 0 Å². The third kappa shape index (κ3) is 6.37. The smallest absolute Gasteiger partial charge is 0.407 e. The van der Waals surface area contributed by atoms with Gasteiger partial charge in [0, 0.05) is 50.0 Å².